The van der Waals surface area contributed by atoms with E-state index in [1.54, 1.807) is 23.0 Å². The number of rotatable bonds is 12. The zero-order valence-corrected chi connectivity index (χ0v) is 22.7. The Labute approximate surface area is 227 Å². The fraction of sp³-hybridized carbons (Fsp3) is 0.464. The average molecular weight is 541 g/mol. The summed E-state index contributed by atoms with van der Waals surface area (Å²) < 4.78 is 29.1. The summed E-state index contributed by atoms with van der Waals surface area (Å²) in [5.74, 6) is 0.907. The molecule has 0 aliphatic heterocycles. The monoisotopic (exact) mass is 540 g/mol. The van der Waals surface area contributed by atoms with Crippen LogP contribution in [-0.2, 0) is 6.54 Å². The van der Waals surface area contributed by atoms with Crippen LogP contribution in [0.15, 0.2) is 41.4 Å². The summed E-state index contributed by atoms with van der Waals surface area (Å²) >= 11 is 0. The minimum Gasteiger partial charge on any atom is -0.497 e. The second-order valence-electron chi connectivity index (χ2n) is 9.65. The van der Waals surface area contributed by atoms with E-state index in [9.17, 15) is 9.50 Å². The minimum atomic E-state index is -0.889. The minimum absolute atomic E-state index is 0.0948. The van der Waals surface area contributed by atoms with Crippen LogP contribution in [0.5, 0.6) is 11.5 Å². The van der Waals surface area contributed by atoms with Crippen molar-refractivity contribution >= 4 is 12.8 Å². The number of aliphatic imine (C=N–C) groups is 1. The number of aliphatic hydroxyl groups is 2. The Balaban J connectivity index is 1.57. The fourth-order valence-corrected chi connectivity index (χ4v) is 4.87. The van der Waals surface area contributed by atoms with Gasteiger partial charge in [0.25, 0.3) is 0 Å². The molecule has 0 saturated heterocycles. The Bertz CT molecular complexity index is 1300. The Kier molecular flexibility index (Phi) is 9.36. The van der Waals surface area contributed by atoms with Crippen molar-refractivity contribution in [3.63, 3.8) is 0 Å². The highest BCUT2D eigenvalue weighted by atomic mass is 19.1. The van der Waals surface area contributed by atoms with E-state index >= 15 is 0 Å². The highest BCUT2D eigenvalue weighted by Crippen LogP contribution is 2.36. The lowest BCUT2D eigenvalue weighted by Gasteiger charge is -2.30. The van der Waals surface area contributed by atoms with Crippen LogP contribution in [0.4, 0.5) is 4.39 Å². The van der Waals surface area contributed by atoms with Gasteiger partial charge < -0.3 is 25.0 Å². The normalized spacial score (nSPS) is 18.6. The lowest BCUT2D eigenvalue weighted by Crippen LogP contribution is -2.27. The molecule has 3 aromatic rings. The largest absolute Gasteiger partial charge is 0.497 e. The summed E-state index contributed by atoms with van der Waals surface area (Å²) in [5, 5.41) is 31.5. The zero-order chi connectivity index (χ0) is 27.9. The molecule has 0 radical (unpaired) electrons. The van der Waals surface area contributed by atoms with Crippen LogP contribution < -0.4 is 14.8 Å². The molecule has 2 aromatic heterocycles. The molecule has 1 aromatic carbocycles. The van der Waals surface area contributed by atoms with Crippen molar-refractivity contribution in [2.75, 3.05) is 20.3 Å². The number of aliphatic hydroxyl groups excluding tert-OH is 2. The second-order valence-corrected chi connectivity index (χ2v) is 9.65. The molecule has 210 valence electrons. The molecule has 1 fully saturated rings. The van der Waals surface area contributed by atoms with Gasteiger partial charge in [0.1, 0.15) is 11.6 Å². The number of nitrogens with one attached hydrogen (secondary N) is 1. The van der Waals surface area contributed by atoms with Gasteiger partial charge in [-0.05, 0) is 58.4 Å². The first-order valence-corrected chi connectivity index (χ1v) is 13.2. The van der Waals surface area contributed by atoms with E-state index in [1.165, 1.54) is 13.2 Å². The molecule has 0 amide bonds. The van der Waals surface area contributed by atoms with E-state index in [1.807, 2.05) is 30.8 Å². The van der Waals surface area contributed by atoms with E-state index in [-0.39, 0.29) is 31.0 Å². The van der Waals surface area contributed by atoms with Crippen molar-refractivity contribution in [2.45, 2.75) is 64.3 Å². The molecule has 1 aliphatic carbocycles. The van der Waals surface area contributed by atoms with Gasteiger partial charge in [-0.2, -0.15) is 10.2 Å². The predicted molar refractivity (Wildman–Crippen MR) is 147 cm³/mol. The molecule has 3 N–H and O–H groups in total. The molecule has 0 spiro atoms. The van der Waals surface area contributed by atoms with E-state index in [2.05, 4.69) is 22.1 Å². The maximum absolute atomic E-state index is 14.4. The number of nitrogens with zero attached hydrogens (tertiary/aromatic N) is 5. The molecule has 11 heteroatoms. The number of halogens is 1. The van der Waals surface area contributed by atoms with Gasteiger partial charge >= 0.3 is 0 Å². The van der Waals surface area contributed by atoms with Crippen LogP contribution in [0.1, 0.15) is 49.9 Å². The van der Waals surface area contributed by atoms with Gasteiger partial charge in [-0.25, -0.2) is 9.38 Å². The third-order valence-corrected chi connectivity index (χ3v) is 6.93. The van der Waals surface area contributed by atoms with Gasteiger partial charge in [-0.1, -0.05) is 0 Å². The first-order valence-electron chi connectivity index (χ1n) is 13.2. The van der Waals surface area contributed by atoms with Crippen molar-refractivity contribution in [2.24, 2.45) is 4.99 Å². The summed E-state index contributed by atoms with van der Waals surface area (Å²) in [6.07, 6.45) is 7.63. The van der Waals surface area contributed by atoms with Crippen molar-refractivity contribution < 1.29 is 24.1 Å². The van der Waals surface area contributed by atoms with Crippen LogP contribution in [0, 0.1) is 12.7 Å². The molecule has 1 atom stereocenters. The highest BCUT2D eigenvalue weighted by Gasteiger charge is 2.28. The van der Waals surface area contributed by atoms with Gasteiger partial charge in [0, 0.05) is 36.0 Å². The molecule has 39 heavy (non-hydrogen) atoms. The van der Waals surface area contributed by atoms with Crippen LogP contribution in [-0.4, -0.2) is 69.0 Å². The number of aromatic nitrogens is 4. The molecule has 1 aliphatic rings. The van der Waals surface area contributed by atoms with Crippen LogP contribution in [0.25, 0.3) is 17.3 Å². The number of benzene rings is 1. The van der Waals surface area contributed by atoms with E-state index in [0.29, 0.717) is 18.1 Å². The maximum atomic E-state index is 14.4. The van der Waals surface area contributed by atoms with Gasteiger partial charge in [0.2, 0.25) is 0 Å². The van der Waals surface area contributed by atoms with E-state index < -0.39 is 11.9 Å². The molecule has 2 heterocycles. The quantitative estimate of drug-likeness (QED) is 0.300. The topological polar surface area (TPSA) is 119 Å². The fourth-order valence-electron chi connectivity index (χ4n) is 4.87. The van der Waals surface area contributed by atoms with Gasteiger partial charge in [-0.3, -0.25) is 9.36 Å². The molecule has 0 unspecified atom stereocenters. The van der Waals surface area contributed by atoms with Crippen molar-refractivity contribution in [1.29, 1.82) is 0 Å². The van der Waals surface area contributed by atoms with Gasteiger partial charge in [-0.15, -0.1) is 0 Å². The predicted octanol–water partition coefficient (Wildman–Crippen LogP) is 3.73. The molecule has 10 nitrogen and oxygen atoms in total. The lowest BCUT2D eigenvalue weighted by atomic mass is 9.92. The summed E-state index contributed by atoms with van der Waals surface area (Å²) in [7, 11) is 1.50. The maximum Gasteiger partial charge on any atom is 0.168 e. The first-order chi connectivity index (χ1) is 18.9. The third-order valence-electron chi connectivity index (χ3n) is 6.93. The first kappa shape index (κ1) is 28.3. The molecule has 4 rings (SSSR count). The second kappa shape index (κ2) is 12.9. The van der Waals surface area contributed by atoms with Crippen molar-refractivity contribution in [1.82, 2.24) is 24.9 Å². The average Bonchev–Trinajstić information content (AvgIpc) is 3.53. The van der Waals surface area contributed by atoms with E-state index in [0.717, 1.165) is 48.2 Å². The van der Waals surface area contributed by atoms with Gasteiger partial charge in [0.05, 0.1) is 56.1 Å². The van der Waals surface area contributed by atoms with Crippen LogP contribution in [0.3, 0.4) is 0 Å². The smallest absolute Gasteiger partial charge is 0.168 e. The highest BCUT2D eigenvalue weighted by molar-refractivity contribution is 5.68. The molecule has 1 saturated carbocycles. The summed E-state index contributed by atoms with van der Waals surface area (Å²) in [4.78, 5) is 4.13. The van der Waals surface area contributed by atoms with Crippen molar-refractivity contribution in [3.05, 3.63) is 53.5 Å². The standard InChI is InChI=1S/C28H37FN6O4/c1-5-31-27(30-3)13-25-18(2)28(19-14-32-34(15-19)16-21(37)17-36)33-35(25)20-6-8-22(9-7-20)39-26-11-10-23(38-4)12-24(26)29/h10-15,20-22,31,36-37H,3,5-9,16-17H2,1-2,4H3/b27-13+/t20?,21-,22?/m1/s1. The van der Waals surface area contributed by atoms with Crippen LogP contribution >= 0.6 is 0 Å². The van der Waals surface area contributed by atoms with Crippen LogP contribution in [0.2, 0.25) is 0 Å². The summed E-state index contributed by atoms with van der Waals surface area (Å²) in [6, 6.07) is 4.74. The Hall–Kier alpha value is -3.70. The molecule has 0 bridgehead atoms. The third kappa shape index (κ3) is 6.66. The lowest BCUT2D eigenvalue weighted by molar-refractivity contribution is 0.0783. The SMILES string of the molecule is C=N/C(=C\c1c(C)c(-c2cnn(C[C@@H](O)CO)c2)nn1C1CCC(Oc2ccc(OC)cc2F)CC1)NCC. The Morgan fingerprint density at radius 3 is 2.74 bits per heavy atom. The number of methoxy groups -OCH3 is 1. The number of ether oxygens (including phenoxy) is 2. The molecular weight excluding hydrogens is 503 g/mol. The Morgan fingerprint density at radius 2 is 2.10 bits per heavy atom. The Morgan fingerprint density at radius 1 is 1.33 bits per heavy atom. The van der Waals surface area contributed by atoms with Gasteiger partial charge in [0.15, 0.2) is 11.6 Å². The van der Waals surface area contributed by atoms with E-state index in [4.69, 9.17) is 19.7 Å². The molecular formula is C28H37FN6O4. The summed E-state index contributed by atoms with van der Waals surface area (Å²) in [6.45, 7) is 8.26. The van der Waals surface area contributed by atoms with Crippen molar-refractivity contribution in [3.8, 4) is 22.8 Å². The number of hydrogen-bond donors (Lipinski definition) is 3. The number of hydrogen-bond acceptors (Lipinski definition) is 8. The zero-order valence-electron chi connectivity index (χ0n) is 22.7. The summed E-state index contributed by atoms with van der Waals surface area (Å²) in [5.41, 5.74) is 3.48.